The number of hydrogen-bond acceptors (Lipinski definition) is 1. The predicted octanol–water partition coefficient (Wildman–Crippen LogP) is 6.07. The van der Waals surface area contributed by atoms with Gasteiger partial charge in [0.2, 0.25) is 5.91 Å². The van der Waals surface area contributed by atoms with Crippen molar-refractivity contribution in [1.82, 2.24) is 5.32 Å². The third kappa shape index (κ3) is 4.61. The van der Waals surface area contributed by atoms with E-state index in [1.165, 1.54) is 36.0 Å². The van der Waals surface area contributed by atoms with Crippen LogP contribution in [0.15, 0.2) is 36.4 Å². The van der Waals surface area contributed by atoms with Gasteiger partial charge in [0.1, 0.15) is 0 Å². The summed E-state index contributed by atoms with van der Waals surface area (Å²) in [4.78, 5) is 12.5. The van der Waals surface area contributed by atoms with Crippen molar-refractivity contribution < 1.29 is 4.79 Å². The third-order valence-corrected chi connectivity index (χ3v) is 5.89. The molecule has 2 nitrogen and oxygen atoms in total. The zero-order valence-corrected chi connectivity index (χ0v) is 16.7. The Labute approximate surface area is 165 Å². The van der Waals surface area contributed by atoms with E-state index < -0.39 is 0 Å². The molecule has 1 aliphatic rings. The first-order chi connectivity index (χ1) is 12.6. The Balaban J connectivity index is 1.63. The lowest BCUT2D eigenvalue weighted by Gasteiger charge is -2.22. The second-order valence-corrected chi connectivity index (χ2v) is 7.78. The first kappa shape index (κ1) is 19.3. The zero-order valence-electron chi connectivity index (χ0n) is 15.2. The summed E-state index contributed by atoms with van der Waals surface area (Å²) in [7, 11) is 0. The SMILES string of the molecule is CC[C@@H](NC(=O)CCc1c(Cl)cccc1Cl)c1ccc2c(c1)CCCC2. The fourth-order valence-electron chi connectivity index (χ4n) is 3.67. The average molecular weight is 390 g/mol. The maximum atomic E-state index is 12.5. The largest absolute Gasteiger partial charge is 0.349 e. The summed E-state index contributed by atoms with van der Waals surface area (Å²) in [6.07, 6.45) is 6.67. The molecule has 1 atom stereocenters. The Hall–Kier alpha value is -1.51. The van der Waals surface area contributed by atoms with E-state index in [0.717, 1.165) is 18.4 Å². The minimum Gasteiger partial charge on any atom is -0.349 e. The van der Waals surface area contributed by atoms with Crippen molar-refractivity contribution in [3.05, 3.63) is 68.7 Å². The lowest BCUT2D eigenvalue weighted by Crippen LogP contribution is -2.28. The number of nitrogens with one attached hydrogen (secondary N) is 1. The van der Waals surface area contributed by atoms with Gasteiger partial charge in [-0.1, -0.05) is 54.4 Å². The normalized spacial score (nSPS) is 14.6. The Morgan fingerprint density at radius 2 is 1.77 bits per heavy atom. The molecule has 2 aromatic rings. The molecule has 0 fully saturated rings. The monoisotopic (exact) mass is 389 g/mol. The summed E-state index contributed by atoms with van der Waals surface area (Å²) in [6, 6.07) is 12.2. The van der Waals surface area contributed by atoms with Gasteiger partial charge >= 0.3 is 0 Å². The first-order valence-corrected chi connectivity index (χ1v) is 10.2. The molecule has 0 bridgehead atoms. The highest BCUT2D eigenvalue weighted by Crippen LogP contribution is 2.27. The topological polar surface area (TPSA) is 29.1 Å². The summed E-state index contributed by atoms with van der Waals surface area (Å²) in [5.74, 6) is 0.0329. The molecule has 138 valence electrons. The predicted molar refractivity (Wildman–Crippen MR) is 109 cm³/mol. The van der Waals surface area contributed by atoms with Gasteiger partial charge in [-0.3, -0.25) is 4.79 Å². The molecule has 1 N–H and O–H groups in total. The minimum absolute atomic E-state index is 0.0329. The molecule has 0 saturated heterocycles. The van der Waals surface area contributed by atoms with Crippen molar-refractivity contribution in [2.24, 2.45) is 0 Å². The maximum Gasteiger partial charge on any atom is 0.220 e. The van der Waals surface area contributed by atoms with Crippen LogP contribution in [0.3, 0.4) is 0 Å². The molecular weight excluding hydrogens is 365 g/mol. The lowest BCUT2D eigenvalue weighted by atomic mass is 9.89. The quantitative estimate of drug-likeness (QED) is 0.637. The number of benzene rings is 2. The third-order valence-electron chi connectivity index (χ3n) is 5.18. The molecule has 3 rings (SSSR count). The number of halogens is 2. The van der Waals surface area contributed by atoms with Gasteiger partial charge in [-0.15, -0.1) is 0 Å². The molecule has 26 heavy (non-hydrogen) atoms. The first-order valence-electron chi connectivity index (χ1n) is 9.42. The second-order valence-electron chi connectivity index (χ2n) is 6.96. The van der Waals surface area contributed by atoms with Gasteiger partial charge in [0, 0.05) is 16.5 Å². The van der Waals surface area contributed by atoms with Crippen LogP contribution in [0, 0.1) is 0 Å². The number of hydrogen-bond donors (Lipinski definition) is 1. The van der Waals surface area contributed by atoms with E-state index in [1.54, 1.807) is 0 Å². The number of amides is 1. The number of carbonyl (C=O) groups is 1. The summed E-state index contributed by atoms with van der Waals surface area (Å²) < 4.78 is 0. The summed E-state index contributed by atoms with van der Waals surface area (Å²) >= 11 is 12.4. The van der Waals surface area contributed by atoms with Crippen molar-refractivity contribution in [2.75, 3.05) is 0 Å². The van der Waals surface area contributed by atoms with Crippen molar-refractivity contribution >= 4 is 29.1 Å². The highest BCUT2D eigenvalue weighted by atomic mass is 35.5. The van der Waals surface area contributed by atoms with E-state index in [1.807, 2.05) is 18.2 Å². The minimum atomic E-state index is 0.0329. The Bertz CT molecular complexity index is 767. The molecule has 0 radical (unpaired) electrons. The van der Waals surface area contributed by atoms with Gasteiger partial charge in [0.05, 0.1) is 6.04 Å². The van der Waals surface area contributed by atoms with Gasteiger partial charge < -0.3 is 5.32 Å². The van der Waals surface area contributed by atoms with E-state index in [0.29, 0.717) is 22.9 Å². The number of rotatable bonds is 6. The van der Waals surface area contributed by atoms with E-state index in [2.05, 4.69) is 30.4 Å². The van der Waals surface area contributed by atoms with Crippen LogP contribution in [0.1, 0.15) is 60.9 Å². The van der Waals surface area contributed by atoms with Crippen LogP contribution in [-0.2, 0) is 24.1 Å². The molecular formula is C22H25Cl2NO. The molecule has 1 amide bonds. The fraction of sp³-hybridized carbons (Fsp3) is 0.409. The van der Waals surface area contributed by atoms with E-state index in [9.17, 15) is 4.79 Å². The smallest absolute Gasteiger partial charge is 0.220 e. The molecule has 0 aliphatic heterocycles. The maximum absolute atomic E-state index is 12.5. The molecule has 1 aliphatic carbocycles. The van der Waals surface area contributed by atoms with Crippen LogP contribution in [0.5, 0.6) is 0 Å². The Morgan fingerprint density at radius 3 is 2.46 bits per heavy atom. The van der Waals surface area contributed by atoms with Crippen molar-refractivity contribution in [1.29, 1.82) is 0 Å². The highest BCUT2D eigenvalue weighted by molar-refractivity contribution is 6.36. The Morgan fingerprint density at radius 1 is 1.08 bits per heavy atom. The second kappa shape index (κ2) is 8.92. The van der Waals surface area contributed by atoms with Gasteiger partial charge in [0.25, 0.3) is 0 Å². The molecule has 0 saturated carbocycles. The Kier molecular flexibility index (Phi) is 6.61. The van der Waals surface area contributed by atoms with Crippen LogP contribution < -0.4 is 5.32 Å². The molecule has 4 heteroatoms. The van der Waals surface area contributed by atoms with Gasteiger partial charge in [-0.25, -0.2) is 0 Å². The van der Waals surface area contributed by atoms with Crippen LogP contribution in [0.25, 0.3) is 0 Å². The van der Waals surface area contributed by atoms with Crippen LogP contribution >= 0.6 is 23.2 Å². The van der Waals surface area contributed by atoms with E-state index in [-0.39, 0.29) is 11.9 Å². The molecule has 0 spiro atoms. The average Bonchev–Trinajstić information content (AvgIpc) is 2.65. The van der Waals surface area contributed by atoms with Crippen molar-refractivity contribution in [3.8, 4) is 0 Å². The fourth-order valence-corrected chi connectivity index (χ4v) is 4.25. The lowest BCUT2D eigenvalue weighted by molar-refractivity contribution is -0.121. The van der Waals surface area contributed by atoms with Crippen LogP contribution in [0.2, 0.25) is 10.0 Å². The molecule has 0 aromatic heterocycles. The van der Waals surface area contributed by atoms with Crippen LogP contribution in [-0.4, -0.2) is 5.91 Å². The molecule has 0 unspecified atom stereocenters. The highest BCUT2D eigenvalue weighted by Gasteiger charge is 2.17. The van der Waals surface area contributed by atoms with Crippen LogP contribution in [0.4, 0.5) is 0 Å². The summed E-state index contributed by atoms with van der Waals surface area (Å²) in [5.41, 5.74) is 4.96. The van der Waals surface area contributed by atoms with Gasteiger partial charge in [0.15, 0.2) is 0 Å². The van der Waals surface area contributed by atoms with Gasteiger partial charge in [-0.05, 0) is 72.9 Å². The van der Waals surface area contributed by atoms with E-state index >= 15 is 0 Å². The summed E-state index contributed by atoms with van der Waals surface area (Å²) in [5, 5.41) is 4.41. The molecule has 0 heterocycles. The van der Waals surface area contributed by atoms with Crippen molar-refractivity contribution in [3.63, 3.8) is 0 Å². The zero-order chi connectivity index (χ0) is 18.5. The number of aryl methyl sites for hydroxylation is 2. The van der Waals surface area contributed by atoms with Gasteiger partial charge in [-0.2, -0.15) is 0 Å². The number of carbonyl (C=O) groups excluding carboxylic acids is 1. The number of fused-ring (bicyclic) bond motifs is 1. The molecule has 2 aromatic carbocycles. The van der Waals surface area contributed by atoms with Crippen molar-refractivity contribution in [2.45, 2.75) is 57.9 Å². The standard InChI is InChI=1S/C22H25Cl2NO/c1-2-21(17-11-10-15-6-3-4-7-16(15)14-17)25-22(26)13-12-18-19(23)8-5-9-20(18)24/h5,8-11,14,21H,2-4,6-7,12-13H2,1H3,(H,25,26)/t21-/m1/s1. The summed E-state index contributed by atoms with van der Waals surface area (Å²) in [6.45, 7) is 2.11. The van der Waals surface area contributed by atoms with E-state index in [4.69, 9.17) is 23.2 Å².